The molecule has 2 atom stereocenters. The molecule has 1 aromatic rings. The van der Waals surface area contributed by atoms with E-state index < -0.39 is 12.2 Å². The molecular weight excluding hydrogens is 300 g/mol. The van der Waals surface area contributed by atoms with E-state index in [4.69, 9.17) is 5.73 Å². The van der Waals surface area contributed by atoms with Gasteiger partial charge in [-0.2, -0.15) is 0 Å². The molecule has 1 rings (SSSR count). The Hall–Kier alpha value is -1.11. The number of benzene rings is 1. The van der Waals surface area contributed by atoms with Crippen LogP contribution in [0.5, 0.6) is 0 Å². The summed E-state index contributed by atoms with van der Waals surface area (Å²) in [5.74, 6) is -0.160. The van der Waals surface area contributed by atoms with Crippen LogP contribution in [0.25, 0.3) is 0 Å². The molecule has 0 aliphatic rings. The number of halogens is 1. The van der Waals surface area contributed by atoms with Gasteiger partial charge in [0.15, 0.2) is 0 Å². The quantitative estimate of drug-likeness (QED) is 0.608. The fourth-order valence-electron chi connectivity index (χ4n) is 1.50. The smallest absolute Gasteiger partial charge is 0.216 e. The van der Waals surface area contributed by atoms with Crippen molar-refractivity contribution in [2.45, 2.75) is 25.6 Å². The van der Waals surface area contributed by atoms with Crippen molar-refractivity contribution >= 4 is 27.5 Å². The van der Waals surface area contributed by atoms with Crippen molar-refractivity contribution in [3.63, 3.8) is 0 Å². The fraction of sp³-hybridized carbons (Fsp3) is 0.417. The summed E-state index contributed by atoms with van der Waals surface area (Å²) >= 11 is 3.26. The average molecular weight is 317 g/mol. The summed E-state index contributed by atoms with van der Waals surface area (Å²) < 4.78 is 0.674. The first-order valence-corrected chi connectivity index (χ1v) is 6.36. The number of nitrogens with two attached hydrogens (primary N) is 1. The molecule has 1 aromatic carbocycles. The standard InChI is InChI=1S/C12H17BrN2O3/c1-7(16)15-5-4-11(17)12(18)8-2-3-10(14)9(13)6-8/h2-3,6,11-12,17-18H,4-5,14H2,1H3,(H,15,16). The summed E-state index contributed by atoms with van der Waals surface area (Å²) in [5, 5.41) is 22.3. The Morgan fingerprint density at radius 2 is 2.17 bits per heavy atom. The largest absolute Gasteiger partial charge is 0.398 e. The fourth-order valence-corrected chi connectivity index (χ4v) is 1.90. The number of nitrogen functional groups attached to an aromatic ring is 1. The molecule has 5 N–H and O–H groups in total. The van der Waals surface area contributed by atoms with Crippen LogP contribution in [0, 0.1) is 0 Å². The first-order chi connectivity index (χ1) is 8.41. The van der Waals surface area contributed by atoms with Gasteiger partial charge in [-0.15, -0.1) is 0 Å². The van der Waals surface area contributed by atoms with Gasteiger partial charge in [0.25, 0.3) is 0 Å². The molecule has 0 saturated heterocycles. The summed E-state index contributed by atoms with van der Waals surface area (Å²) in [4.78, 5) is 10.7. The Labute approximate surface area is 114 Å². The lowest BCUT2D eigenvalue weighted by molar-refractivity contribution is -0.119. The maximum Gasteiger partial charge on any atom is 0.216 e. The van der Waals surface area contributed by atoms with E-state index >= 15 is 0 Å². The SMILES string of the molecule is CC(=O)NCCC(O)C(O)c1ccc(N)c(Br)c1. The van der Waals surface area contributed by atoms with Crippen LogP contribution < -0.4 is 11.1 Å². The second kappa shape index (κ2) is 6.72. The van der Waals surface area contributed by atoms with Gasteiger partial charge in [0.1, 0.15) is 6.10 Å². The van der Waals surface area contributed by atoms with Gasteiger partial charge in [-0.05, 0) is 40.0 Å². The van der Waals surface area contributed by atoms with Crippen molar-refractivity contribution in [2.75, 3.05) is 12.3 Å². The zero-order valence-electron chi connectivity index (χ0n) is 10.1. The number of carbonyl (C=O) groups is 1. The molecule has 0 aromatic heterocycles. The number of anilines is 1. The molecule has 0 spiro atoms. The number of amides is 1. The van der Waals surface area contributed by atoms with Gasteiger partial charge in [0.2, 0.25) is 5.91 Å². The Balaban J connectivity index is 2.59. The molecule has 6 heteroatoms. The number of rotatable bonds is 5. The first-order valence-electron chi connectivity index (χ1n) is 5.57. The monoisotopic (exact) mass is 316 g/mol. The topological polar surface area (TPSA) is 95.6 Å². The van der Waals surface area contributed by atoms with Gasteiger partial charge in [0.05, 0.1) is 6.10 Å². The normalized spacial score (nSPS) is 14.0. The van der Waals surface area contributed by atoms with E-state index in [2.05, 4.69) is 21.2 Å². The van der Waals surface area contributed by atoms with Crippen LogP contribution in [-0.2, 0) is 4.79 Å². The highest BCUT2D eigenvalue weighted by Gasteiger charge is 2.18. The van der Waals surface area contributed by atoms with E-state index in [-0.39, 0.29) is 12.3 Å². The highest BCUT2D eigenvalue weighted by molar-refractivity contribution is 9.10. The molecule has 5 nitrogen and oxygen atoms in total. The third-order valence-electron chi connectivity index (χ3n) is 2.54. The molecule has 0 saturated carbocycles. The number of hydrogen-bond acceptors (Lipinski definition) is 4. The minimum absolute atomic E-state index is 0.160. The Morgan fingerprint density at radius 3 is 2.72 bits per heavy atom. The lowest BCUT2D eigenvalue weighted by Gasteiger charge is -2.18. The Bertz CT molecular complexity index is 426. The average Bonchev–Trinajstić information content (AvgIpc) is 2.31. The van der Waals surface area contributed by atoms with E-state index in [1.54, 1.807) is 18.2 Å². The number of hydrogen-bond donors (Lipinski definition) is 4. The van der Waals surface area contributed by atoms with Gasteiger partial charge in [-0.1, -0.05) is 6.07 Å². The first kappa shape index (κ1) is 14.9. The zero-order chi connectivity index (χ0) is 13.7. The Morgan fingerprint density at radius 1 is 1.50 bits per heavy atom. The minimum Gasteiger partial charge on any atom is -0.398 e. The van der Waals surface area contributed by atoms with Crippen LogP contribution in [0.15, 0.2) is 22.7 Å². The van der Waals surface area contributed by atoms with Crippen molar-refractivity contribution in [3.05, 3.63) is 28.2 Å². The van der Waals surface area contributed by atoms with E-state index in [0.29, 0.717) is 22.3 Å². The molecule has 0 fully saturated rings. The van der Waals surface area contributed by atoms with Gasteiger partial charge >= 0.3 is 0 Å². The third-order valence-corrected chi connectivity index (χ3v) is 3.23. The van der Waals surface area contributed by atoms with Crippen LogP contribution in [0.4, 0.5) is 5.69 Å². The van der Waals surface area contributed by atoms with Gasteiger partial charge < -0.3 is 21.3 Å². The minimum atomic E-state index is -1.00. The lowest BCUT2D eigenvalue weighted by Crippen LogP contribution is -2.27. The number of aliphatic hydroxyl groups excluding tert-OH is 2. The summed E-state index contributed by atoms with van der Waals surface area (Å²) in [7, 11) is 0. The molecule has 100 valence electrons. The van der Waals surface area contributed by atoms with Crippen LogP contribution in [0.1, 0.15) is 25.0 Å². The van der Waals surface area contributed by atoms with Crippen molar-refractivity contribution in [3.8, 4) is 0 Å². The summed E-state index contributed by atoms with van der Waals surface area (Å²) in [5.41, 5.74) is 6.78. The number of aliphatic hydroxyl groups is 2. The molecule has 0 aliphatic carbocycles. The van der Waals surface area contributed by atoms with Crippen LogP contribution in [-0.4, -0.2) is 28.8 Å². The van der Waals surface area contributed by atoms with Crippen molar-refractivity contribution in [1.82, 2.24) is 5.32 Å². The molecule has 18 heavy (non-hydrogen) atoms. The number of carbonyl (C=O) groups excluding carboxylic acids is 1. The highest BCUT2D eigenvalue weighted by atomic mass is 79.9. The van der Waals surface area contributed by atoms with Crippen molar-refractivity contribution in [1.29, 1.82) is 0 Å². The second-order valence-electron chi connectivity index (χ2n) is 4.06. The van der Waals surface area contributed by atoms with E-state index in [1.807, 2.05) is 0 Å². The molecule has 0 heterocycles. The third kappa shape index (κ3) is 4.29. The maximum absolute atomic E-state index is 10.7. The predicted octanol–water partition coefficient (Wildman–Crippen LogP) is 0.952. The zero-order valence-corrected chi connectivity index (χ0v) is 11.6. The van der Waals surface area contributed by atoms with Crippen LogP contribution in [0.2, 0.25) is 0 Å². The van der Waals surface area contributed by atoms with Gasteiger partial charge in [0, 0.05) is 23.6 Å². The summed E-state index contributed by atoms with van der Waals surface area (Å²) in [6.07, 6.45) is -1.66. The van der Waals surface area contributed by atoms with Crippen molar-refractivity contribution in [2.24, 2.45) is 0 Å². The predicted molar refractivity (Wildman–Crippen MR) is 72.8 cm³/mol. The molecule has 0 aliphatic heterocycles. The van der Waals surface area contributed by atoms with Gasteiger partial charge in [-0.25, -0.2) is 0 Å². The highest BCUT2D eigenvalue weighted by Crippen LogP contribution is 2.26. The Kier molecular flexibility index (Phi) is 5.58. The van der Waals surface area contributed by atoms with E-state index in [9.17, 15) is 15.0 Å². The van der Waals surface area contributed by atoms with Crippen molar-refractivity contribution < 1.29 is 15.0 Å². The molecule has 0 radical (unpaired) electrons. The van der Waals surface area contributed by atoms with Gasteiger partial charge in [-0.3, -0.25) is 4.79 Å². The summed E-state index contributed by atoms with van der Waals surface area (Å²) in [6.45, 7) is 1.73. The van der Waals surface area contributed by atoms with E-state index in [0.717, 1.165) is 0 Å². The molecule has 2 unspecified atom stereocenters. The molecule has 0 bridgehead atoms. The summed E-state index contributed by atoms with van der Waals surface area (Å²) in [6, 6.07) is 4.98. The lowest BCUT2D eigenvalue weighted by atomic mass is 10.0. The molecule has 1 amide bonds. The maximum atomic E-state index is 10.7. The second-order valence-corrected chi connectivity index (χ2v) is 4.92. The van der Waals surface area contributed by atoms with E-state index in [1.165, 1.54) is 6.92 Å². The van der Waals surface area contributed by atoms with Crippen LogP contribution >= 0.6 is 15.9 Å². The number of nitrogens with one attached hydrogen (secondary N) is 1. The van der Waals surface area contributed by atoms with Crippen LogP contribution in [0.3, 0.4) is 0 Å². The molecular formula is C12H17BrN2O3.